The van der Waals surface area contributed by atoms with Crippen LogP contribution in [0.4, 0.5) is 8.78 Å². The highest BCUT2D eigenvalue weighted by molar-refractivity contribution is 6.31. The van der Waals surface area contributed by atoms with Crippen LogP contribution in [0.3, 0.4) is 0 Å². The quantitative estimate of drug-likeness (QED) is 0.661. The molecule has 2 N–H and O–H groups in total. The second kappa shape index (κ2) is 7.90. The van der Waals surface area contributed by atoms with Gasteiger partial charge in [0.15, 0.2) is 5.76 Å². The Labute approximate surface area is 159 Å². The molecule has 0 spiro atoms. The maximum Gasteiger partial charge on any atom is 0.287 e. The van der Waals surface area contributed by atoms with E-state index in [2.05, 4.69) is 5.32 Å². The summed E-state index contributed by atoms with van der Waals surface area (Å²) < 4.78 is 33.2. The second-order valence-corrected chi connectivity index (χ2v) is 6.39. The van der Waals surface area contributed by atoms with Gasteiger partial charge in [-0.15, -0.1) is 0 Å². The van der Waals surface area contributed by atoms with E-state index in [9.17, 15) is 18.7 Å². The van der Waals surface area contributed by atoms with Crippen LogP contribution < -0.4 is 5.32 Å². The highest BCUT2D eigenvalue weighted by Crippen LogP contribution is 2.28. The fourth-order valence-corrected chi connectivity index (χ4v) is 2.94. The molecule has 3 aromatic rings. The van der Waals surface area contributed by atoms with E-state index in [1.54, 1.807) is 12.1 Å². The van der Waals surface area contributed by atoms with Crippen LogP contribution in [0, 0.1) is 11.6 Å². The first-order valence-corrected chi connectivity index (χ1v) is 8.54. The molecule has 0 saturated heterocycles. The van der Waals surface area contributed by atoms with E-state index in [0.29, 0.717) is 0 Å². The minimum Gasteiger partial charge on any atom is -0.451 e. The molecule has 1 aromatic heterocycles. The van der Waals surface area contributed by atoms with E-state index < -0.39 is 29.7 Å². The molecule has 1 heterocycles. The third-order valence-electron chi connectivity index (χ3n) is 4.10. The number of halogens is 3. The Balaban J connectivity index is 1.75. The molecule has 3 rings (SSSR count). The van der Waals surface area contributed by atoms with Crippen LogP contribution in [0.2, 0.25) is 5.02 Å². The number of nitrogens with one attached hydrogen (secondary N) is 1. The van der Waals surface area contributed by atoms with Gasteiger partial charge >= 0.3 is 0 Å². The lowest BCUT2D eigenvalue weighted by atomic mass is 10.0. The fourth-order valence-electron chi connectivity index (χ4n) is 2.67. The van der Waals surface area contributed by atoms with Crippen molar-refractivity contribution in [3.05, 3.63) is 82.6 Å². The first-order valence-electron chi connectivity index (χ1n) is 8.16. The number of aliphatic hydroxyl groups excluding tert-OH is 1. The number of benzene rings is 2. The zero-order valence-corrected chi connectivity index (χ0v) is 15.0. The predicted molar refractivity (Wildman–Crippen MR) is 97.4 cm³/mol. The zero-order chi connectivity index (χ0) is 19.6. The van der Waals surface area contributed by atoms with Crippen molar-refractivity contribution in [1.29, 1.82) is 0 Å². The molecule has 1 amide bonds. The van der Waals surface area contributed by atoms with Crippen molar-refractivity contribution in [2.24, 2.45) is 0 Å². The molecule has 2 aromatic carbocycles. The van der Waals surface area contributed by atoms with Crippen LogP contribution in [-0.4, -0.2) is 17.1 Å². The number of furan rings is 1. The summed E-state index contributed by atoms with van der Waals surface area (Å²) in [6.45, 7) is 1.51. The maximum atomic E-state index is 13.9. The summed E-state index contributed by atoms with van der Waals surface area (Å²) in [5.74, 6) is -1.64. The van der Waals surface area contributed by atoms with Gasteiger partial charge in [0.25, 0.3) is 5.91 Å². The summed E-state index contributed by atoms with van der Waals surface area (Å²) in [5.41, 5.74) is 0.126. The third-order valence-corrected chi connectivity index (χ3v) is 4.43. The van der Waals surface area contributed by atoms with Gasteiger partial charge in [-0.2, -0.15) is 0 Å². The van der Waals surface area contributed by atoms with E-state index in [1.165, 1.54) is 49.4 Å². The van der Waals surface area contributed by atoms with Crippen LogP contribution in [0.5, 0.6) is 0 Å². The van der Waals surface area contributed by atoms with Gasteiger partial charge in [-0.25, -0.2) is 8.78 Å². The molecule has 27 heavy (non-hydrogen) atoms. The molecule has 0 radical (unpaired) electrons. The van der Waals surface area contributed by atoms with Crippen LogP contribution in [0.15, 0.2) is 59.0 Å². The first kappa shape index (κ1) is 19.1. The van der Waals surface area contributed by atoms with Crippen molar-refractivity contribution in [3.8, 4) is 11.3 Å². The molecule has 0 aliphatic rings. The lowest BCUT2D eigenvalue weighted by Gasteiger charge is -2.21. The van der Waals surface area contributed by atoms with E-state index in [4.69, 9.17) is 16.0 Å². The van der Waals surface area contributed by atoms with Crippen molar-refractivity contribution >= 4 is 17.5 Å². The second-order valence-electron chi connectivity index (χ2n) is 5.99. The monoisotopic (exact) mass is 391 g/mol. The van der Waals surface area contributed by atoms with Crippen molar-refractivity contribution in [2.75, 3.05) is 0 Å². The van der Waals surface area contributed by atoms with Crippen LogP contribution in [0.1, 0.15) is 29.1 Å². The van der Waals surface area contributed by atoms with E-state index in [0.717, 1.165) is 0 Å². The zero-order valence-electron chi connectivity index (χ0n) is 14.2. The fraction of sp³-hybridized carbons (Fsp3) is 0.150. The minimum atomic E-state index is -1.36. The lowest BCUT2D eigenvalue weighted by Crippen LogP contribution is -2.37. The van der Waals surface area contributed by atoms with Crippen LogP contribution in [-0.2, 0) is 0 Å². The number of rotatable bonds is 5. The molecule has 0 aliphatic carbocycles. The Bertz CT molecular complexity index is 953. The third kappa shape index (κ3) is 4.02. The van der Waals surface area contributed by atoms with Gasteiger partial charge in [0.2, 0.25) is 0 Å². The molecule has 0 aliphatic heterocycles. The lowest BCUT2D eigenvalue weighted by molar-refractivity contribution is 0.0821. The molecule has 140 valence electrons. The molecular weight excluding hydrogens is 376 g/mol. The predicted octanol–water partition coefficient (Wildman–Crippen LogP) is 4.73. The van der Waals surface area contributed by atoms with Crippen molar-refractivity contribution in [1.82, 2.24) is 5.32 Å². The molecule has 0 unspecified atom stereocenters. The smallest absolute Gasteiger partial charge is 0.287 e. The standard InChI is InChI=1S/C20H16ClF2NO3/c1-11(19(25)18-13(21)6-4-8-15(18)23)24-20(26)17-10-9-16(27-17)12-5-2-3-7-14(12)22/h2-11,19,25H,1H3,(H,24,26)/t11-,19-/m0/s1. The number of carbonyl (C=O) groups is 1. The van der Waals surface area contributed by atoms with Gasteiger partial charge < -0.3 is 14.8 Å². The molecule has 0 fully saturated rings. The van der Waals surface area contributed by atoms with E-state index in [1.807, 2.05) is 0 Å². The number of hydrogen-bond acceptors (Lipinski definition) is 3. The van der Waals surface area contributed by atoms with Gasteiger partial charge in [-0.3, -0.25) is 4.79 Å². The van der Waals surface area contributed by atoms with E-state index in [-0.39, 0.29) is 27.7 Å². The average molecular weight is 392 g/mol. The number of carbonyl (C=O) groups excluding carboxylic acids is 1. The highest BCUT2D eigenvalue weighted by atomic mass is 35.5. The van der Waals surface area contributed by atoms with Crippen molar-refractivity contribution in [3.63, 3.8) is 0 Å². The van der Waals surface area contributed by atoms with E-state index >= 15 is 0 Å². The van der Waals surface area contributed by atoms with Gasteiger partial charge in [0.05, 0.1) is 11.6 Å². The number of amides is 1. The molecule has 0 saturated carbocycles. The number of aliphatic hydroxyl groups is 1. The molecule has 7 heteroatoms. The summed E-state index contributed by atoms with van der Waals surface area (Å²) in [7, 11) is 0. The normalized spacial score (nSPS) is 13.2. The number of hydrogen-bond donors (Lipinski definition) is 2. The molecule has 2 atom stereocenters. The summed E-state index contributed by atoms with van der Waals surface area (Å²) in [6.07, 6.45) is -1.36. The maximum absolute atomic E-state index is 13.9. The van der Waals surface area contributed by atoms with Gasteiger partial charge in [0.1, 0.15) is 23.5 Å². The van der Waals surface area contributed by atoms with Crippen LogP contribution in [0.25, 0.3) is 11.3 Å². The Hall–Kier alpha value is -2.70. The largest absolute Gasteiger partial charge is 0.451 e. The SMILES string of the molecule is C[C@H](NC(=O)c1ccc(-c2ccccc2F)o1)[C@H](O)c1c(F)cccc1Cl. The average Bonchev–Trinajstić information content (AvgIpc) is 3.11. The minimum absolute atomic E-state index is 0.0587. The van der Waals surface area contributed by atoms with Gasteiger partial charge in [-0.1, -0.05) is 29.8 Å². The van der Waals surface area contributed by atoms with Crippen molar-refractivity contribution < 1.29 is 23.1 Å². The summed E-state index contributed by atoms with van der Waals surface area (Å²) >= 11 is 5.94. The first-order chi connectivity index (χ1) is 12.9. The Morgan fingerprint density at radius 1 is 1.07 bits per heavy atom. The van der Waals surface area contributed by atoms with Crippen LogP contribution >= 0.6 is 11.6 Å². The van der Waals surface area contributed by atoms with Crippen molar-refractivity contribution in [2.45, 2.75) is 19.1 Å². The van der Waals surface area contributed by atoms with Gasteiger partial charge in [-0.05, 0) is 43.3 Å². The topological polar surface area (TPSA) is 62.5 Å². The van der Waals surface area contributed by atoms with Gasteiger partial charge in [0, 0.05) is 10.6 Å². The Morgan fingerprint density at radius 2 is 1.78 bits per heavy atom. The summed E-state index contributed by atoms with van der Waals surface area (Å²) in [6, 6.07) is 12.1. The molecule has 0 bridgehead atoms. The summed E-state index contributed by atoms with van der Waals surface area (Å²) in [4.78, 5) is 12.4. The summed E-state index contributed by atoms with van der Waals surface area (Å²) in [5, 5.41) is 12.9. The Morgan fingerprint density at radius 3 is 2.48 bits per heavy atom. The Kier molecular flexibility index (Phi) is 5.58. The highest BCUT2D eigenvalue weighted by Gasteiger charge is 2.25. The molecular formula is C20H16ClF2NO3. The molecule has 4 nitrogen and oxygen atoms in total.